The number of hydrazone groups is 1. The van der Waals surface area contributed by atoms with Gasteiger partial charge in [-0.05, 0) is 26.0 Å². The van der Waals surface area contributed by atoms with Gasteiger partial charge in [0.15, 0.2) is 0 Å². The third-order valence-corrected chi connectivity index (χ3v) is 1.18. The first kappa shape index (κ1) is 11.0. The Bertz CT molecular complexity index is 240. The van der Waals surface area contributed by atoms with Crippen molar-refractivity contribution in [3.05, 3.63) is 30.3 Å². The number of nitrogens with one attached hydrogen (secondary N) is 1. The lowest BCUT2D eigenvalue weighted by Crippen LogP contribution is -1.91. The highest BCUT2D eigenvalue weighted by Gasteiger charge is 1.83. The van der Waals surface area contributed by atoms with Crippen LogP contribution in [-0.2, 0) is 0 Å². The normalized spacial score (nSPS) is 8.17. The summed E-state index contributed by atoms with van der Waals surface area (Å²) in [6.07, 6.45) is 0. The smallest absolute Gasteiger partial charge is 0.0561 e. The second-order valence-corrected chi connectivity index (χ2v) is 2.54. The molecule has 0 aliphatic carbocycles. The zero-order chi connectivity index (χ0) is 8.10. The molecule has 0 saturated heterocycles. The summed E-state index contributed by atoms with van der Waals surface area (Å²) in [4.78, 5) is 0. The Morgan fingerprint density at radius 2 is 1.75 bits per heavy atom. The summed E-state index contributed by atoms with van der Waals surface area (Å²) in [5.41, 5.74) is 4.98. The fraction of sp³-hybridized carbons (Fsp3) is 0.222. The van der Waals surface area contributed by atoms with Gasteiger partial charge in [0.1, 0.15) is 0 Å². The van der Waals surface area contributed by atoms with Crippen molar-refractivity contribution in [1.29, 1.82) is 0 Å². The van der Waals surface area contributed by atoms with Crippen LogP contribution in [0.25, 0.3) is 0 Å². The molecule has 0 fully saturated rings. The summed E-state index contributed by atoms with van der Waals surface area (Å²) in [5, 5.41) is 4.06. The molecule has 0 aliphatic heterocycles. The molecule has 12 heavy (non-hydrogen) atoms. The number of benzene rings is 1. The molecule has 0 aliphatic rings. The van der Waals surface area contributed by atoms with E-state index in [-0.39, 0.29) is 12.4 Å². The molecule has 1 rings (SSSR count). The van der Waals surface area contributed by atoms with Crippen molar-refractivity contribution in [1.82, 2.24) is 0 Å². The van der Waals surface area contributed by atoms with Crippen LogP contribution in [0.5, 0.6) is 0 Å². The highest BCUT2D eigenvalue weighted by molar-refractivity contribution is 5.85. The Morgan fingerprint density at radius 1 is 1.17 bits per heavy atom. The van der Waals surface area contributed by atoms with Gasteiger partial charge < -0.3 is 0 Å². The van der Waals surface area contributed by atoms with E-state index in [0.29, 0.717) is 0 Å². The molecule has 0 aromatic heterocycles. The lowest BCUT2D eigenvalue weighted by molar-refractivity contribution is 1.32. The first-order valence-corrected chi connectivity index (χ1v) is 3.61. The van der Waals surface area contributed by atoms with Crippen molar-refractivity contribution in [2.75, 3.05) is 5.43 Å². The molecule has 2 nitrogen and oxygen atoms in total. The summed E-state index contributed by atoms with van der Waals surface area (Å²) in [6, 6.07) is 9.89. The highest BCUT2D eigenvalue weighted by atomic mass is 35.5. The van der Waals surface area contributed by atoms with Crippen molar-refractivity contribution in [3.63, 3.8) is 0 Å². The zero-order valence-corrected chi connectivity index (χ0v) is 8.06. The summed E-state index contributed by atoms with van der Waals surface area (Å²) in [5.74, 6) is 0. The molecule has 0 bridgehead atoms. The van der Waals surface area contributed by atoms with Gasteiger partial charge in [-0.15, -0.1) is 12.4 Å². The van der Waals surface area contributed by atoms with Crippen molar-refractivity contribution < 1.29 is 0 Å². The summed E-state index contributed by atoms with van der Waals surface area (Å²) in [7, 11) is 0. The van der Waals surface area contributed by atoms with E-state index in [4.69, 9.17) is 0 Å². The van der Waals surface area contributed by atoms with Gasteiger partial charge in [-0.2, -0.15) is 5.10 Å². The minimum atomic E-state index is 0. The van der Waals surface area contributed by atoms with Crippen LogP contribution in [0, 0.1) is 0 Å². The maximum Gasteiger partial charge on any atom is 0.0561 e. The number of para-hydroxylation sites is 1. The van der Waals surface area contributed by atoms with Crippen LogP contribution in [0.4, 0.5) is 5.69 Å². The quantitative estimate of drug-likeness (QED) is 0.555. The van der Waals surface area contributed by atoms with Crippen LogP contribution < -0.4 is 5.43 Å². The van der Waals surface area contributed by atoms with Crippen LogP contribution in [0.3, 0.4) is 0 Å². The predicted molar refractivity (Wildman–Crippen MR) is 56.1 cm³/mol. The molecule has 0 radical (unpaired) electrons. The van der Waals surface area contributed by atoms with Crippen LogP contribution in [0.15, 0.2) is 35.4 Å². The highest BCUT2D eigenvalue weighted by Crippen LogP contribution is 2.03. The minimum Gasteiger partial charge on any atom is -0.279 e. The molecule has 1 aromatic carbocycles. The van der Waals surface area contributed by atoms with Gasteiger partial charge in [-0.25, -0.2) is 0 Å². The number of hydrogen-bond acceptors (Lipinski definition) is 2. The molecular formula is C9H13ClN2. The van der Waals surface area contributed by atoms with Crippen LogP contribution in [0.2, 0.25) is 0 Å². The van der Waals surface area contributed by atoms with E-state index < -0.39 is 0 Å². The monoisotopic (exact) mass is 184 g/mol. The minimum absolute atomic E-state index is 0. The Morgan fingerprint density at radius 3 is 2.25 bits per heavy atom. The van der Waals surface area contributed by atoms with E-state index in [1.807, 2.05) is 44.2 Å². The Balaban J connectivity index is 0.00000121. The second kappa shape index (κ2) is 5.61. The predicted octanol–water partition coefficient (Wildman–Crippen LogP) is 2.92. The van der Waals surface area contributed by atoms with Gasteiger partial charge in [0.25, 0.3) is 0 Å². The summed E-state index contributed by atoms with van der Waals surface area (Å²) in [6.45, 7) is 3.91. The Kier molecular flexibility index (Phi) is 5.13. The van der Waals surface area contributed by atoms with E-state index in [2.05, 4.69) is 10.5 Å². The summed E-state index contributed by atoms with van der Waals surface area (Å²) >= 11 is 0. The molecule has 0 unspecified atom stereocenters. The number of anilines is 1. The third kappa shape index (κ3) is 3.98. The maximum absolute atomic E-state index is 4.06. The Hall–Kier alpha value is -1.02. The molecule has 66 valence electrons. The zero-order valence-electron chi connectivity index (χ0n) is 7.24. The first-order valence-electron chi connectivity index (χ1n) is 3.61. The number of rotatable bonds is 2. The van der Waals surface area contributed by atoms with Gasteiger partial charge in [-0.1, -0.05) is 18.2 Å². The van der Waals surface area contributed by atoms with E-state index >= 15 is 0 Å². The fourth-order valence-electron chi connectivity index (χ4n) is 0.689. The molecule has 1 aromatic rings. The van der Waals surface area contributed by atoms with Gasteiger partial charge in [0.05, 0.1) is 5.69 Å². The molecule has 0 heterocycles. The van der Waals surface area contributed by atoms with Gasteiger partial charge in [-0.3, -0.25) is 5.43 Å². The van der Waals surface area contributed by atoms with Crippen LogP contribution >= 0.6 is 12.4 Å². The first-order chi connectivity index (χ1) is 5.29. The standard InChI is InChI=1S/C9H12N2.ClH/c1-8(2)10-11-9-6-4-3-5-7-9;/h3-7,11H,1-2H3;1H. The average Bonchev–Trinajstić information content (AvgIpc) is 2.03. The summed E-state index contributed by atoms with van der Waals surface area (Å²) < 4.78 is 0. The van der Waals surface area contributed by atoms with Crippen molar-refractivity contribution in [3.8, 4) is 0 Å². The maximum atomic E-state index is 4.06. The van der Waals surface area contributed by atoms with E-state index in [0.717, 1.165) is 11.4 Å². The van der Waals surface area contributed by atoms with Gasteiger partial charge in [0, 0.05) is 5.71 Å². The molecule has 1 N–H and O–H groups in total. The Labute approximate surface area is 79.1 Å². The number of hydrogen-bond donors (Lipinski definition) is 1. The van der Waals surface area contributed by atoms with Crippen LogP contribution in [-0.4, -0.2) is 5.71 Å². The molecule has 0 spiro atoms. The molecule has 0 amide bonds. The van der Waals surface area contributed by atoms with Crippen LogP contribution in [0.1, 0.15) is 13.8 Å². The topological polar surface area (TPSA) is 24.4 Å². The average molecular weight is 185 g/mol. The van der Waals surface area contributed by atoms with E-state index in [9.17, 15) is 0 Å². The van der Waals surface area contributed by atoms with Crippen molar-refractivity contribution in [2.24, 2.45) is 5.10 Å². The molecule has 3 heteroatoms. The number of halogens is 1. The fourth-order valence-corrected chi connectivity index (χ4v) is 0.689. The van der Waals surface area contributed by atoms with E-state index in [1.54, 1.807) is 0 Å². The van der Waals surface area contributed by atoms with Crippen molar-refractivity contribution in [2.45, 2.75) is 13.8 Å². The number of nitrogens with zero attached hydrogens (tertiary/aromatic N) is 1. The lowest BCUT2D eigenvalue weighted by atomic mass is 10.3. The largest absolute Gasteiger partial charge is 0.279 e. The third-order valence-electron chi connectivity index (χ3n) is 1.18. The van der Waals surface area contributed by atoms with Gasteiger partial charge in [0.2, 0.25) is 0 Å². The molecule has 0 saturated carbocycles. The van der Waals surface area contributed by atoms with Crippen molar-refractivity contribution >= 4 is 23.8 Å². The lowest BCUT2D eigenvalue weighted by Gasteiger charge is -1.98. The molecular weight excluding hydrogens is 172 g/mol. The molecule has 0 atom stereocenters. The SMILES string of the molecule is CC(C)=NNc1ccccc1.Cl. The van der Waals surface area contributed by atoms with Gasteiger partial charge >= 0.3 is 0 Å². The second-order valence-electron chi connectivity index (χ2n) is 2.54. The van der Waals surface area contributed by atoms with E-state index in [1.165, 1.54) is 0 Å².